The van der Waals surface area contributed by atoms with Crippen LogP contribution in [0.2, 0.25) is 0 Å². The molecule has 24 heavy (non-hydrogen) atoms. The van der Waals surface area contributed by atoms with Gasteiger partial charge in [-0.25, -0.2) is 0 Å². The Morgan fingerprint density at radius 2 is 1.50 bits per heavy atom. The van der Waals surface area contributed by atoms with Gasteiger partial charge in [-0.15, -0.1) is 0 Å². The first-order chi connectivity index (χ1) is 11.6. The van der Waals surface area contributed by atoms with Crippen molar-refractivity contribution in [3.8, 4) is 0 Å². The zero-order valence-corrected chi connectivity index (χ0v) is 15.8. The van der Waals surface area contributed by atoms with E-state index in [1.807, 2.05) is 0 Å². The summed E-state index contributed by atoms with van der Waals surface area (Å²) in [5.74, 6) is 0. The highest BCUT2D eigenvalue weighted by molar-refractivity contribution is 6.82. The van der Waals surface area contributed by atoms with Crippen molar-refractivity contribution >= 4 is 35.9 Å². The van der Waals surface area contributed by atoms with Crippen LogP contribution in [0.3, 0.4) is 0 Å². The van der Waals surface area contributed by atoms with Crippen LogP contribution < -0.4 is 15.3 Å². The molecule has 3 aromatic rings. The lowest BCUT2D eigenvalue weighted by molar-refractivity contribution is 0.253. The van der Waals surface area contributed by atoms with Crippen LogP contribution in [-0.2, 0) is 4.43 Å². The van der Waals surface area contributed by atoms with Gasteiger partial charge < -0.3 is 9.33 Å². The average Bonchev–Trinajstić information content (AvgIpc) is 2.59. The van der Waals surface area contributed by atoms with Gasteiger partial charge in [0, 0.05) is 31.3 Å². The van der Waals surface area contributed by atoms with E-state index in [4.69, 9.17) is 4.43 Å². The maximum absolute atomic E-state index is 6.45. The van der Waals surface area contributed by atoms with Crippen molar-refractivity contribution in [2.24, 2.45) is 0 Å². The number of hydrogen-bond donors (Lipinski definition) is 0. The van der Waals surface area contributed by atoms with Gasteiger partial charge in [0.05, 0.1) is 0 Å². The summed E-state index contributed by atoms with van der Waals surface area (Å²) < 4.78 is 6.45. The number of rotatable bonds is 5. The standard InChI is InChI=1S/C21H24NOSi/c1-16(2)23-24(18-12-6-5-7-13-18)20-15-9-11-17-10-8-14-19(21(17)20)22(3)4/h5-16H,1-4H3. The molecule has 0 atom stereocenters. The first-order valence-corrected chi connectivity index (χ1v) is 9.77. The predicted octanol–water partition coefficient (Wildman–Crippen LogP) is 3.44. The van der Waals surface area contributed by atoms with Crippen LogP contribution in [-0.4, -0.2) is 29.2 Å². The Morgan fingerprint density at radius 1 is 0.833 bits per heavy atom. The third-order valence-corrected chi connectivity index (χ3v) is 6.47. The van der Waals surface area contributed by atoms with Gasteiger partial charge in [-0.3, -0.25) is 0 Å². The van der Waals surface area contributed by atoms with Crippen LogP contribution in [0.4, 0.5) is 5.69 Å². The number of nitrogens with zero attached hydrogens (tertiary/aromatic N) is 1. The minimum absolute atomic E-state index is 0.195. The van der Waals surface area contributed by atoms with Crippen LogP contribution in [0.15, 0.2) is 66.7 Å². The zero-order chi connectivity index (χ0) is 17.1. The van der Waals surface area contributed by atoms with E-state index in [0.717, 1.165) is 0 Å². The number of hydrogen-bond acceptors (Lipinski definition) is 2. The van der Waals surface area contributed by atoms with Gasteiger partial charge in [0.25, 0.3) is 9.04 Å². The summed E-state index contributed by atoms with van der Waals surface area (Å²) in [4.78, 5) is 2.19. The lowest BCUT2D eigenvalue weighted by Crippen LogP contribution is -2.47. The molecule has 0 spiro atoms. The minimum Gasteiger partial charge on any atom is -0.405 e. The second kappa shape index (κ2) is 7.20. The summed E-state index contributed by atoms with van der Waals surface area (Å²) >= 11 is 0. The van der Waals surface area contributed by atoms with Crippen molar-refractivity contribution in [2.45, 2.75) is 20.0 Å². The molecular formula is C21H24NOSi. The number of benzene rings is 3. The predicted molar refractivity (Wildman–Crippen MR) is 106 cm³/mol. The van der Waals surface area contributed by atoms with Gasteiger partial charge in [-0.1, -0.05) is 60.7 Å². The molecule has 2 nitrogen and oxygen atoms in total. The molecule has 0 amide bonds. The summed E-state index contributed by atoms with van der Waals surface area (Å²) in [5, 5.41) is 5.19. The molecule has 0 bridgehead atoms. The van der Waals surface area contributed by atoms with Gasteiger partial charge in [-0.2, -0.15) is 0 Å². The monoisotopic (exact) mass is 334 g/mol. The molecule has 0 aromatic heterocycles. The highest BCUT2D eigenvalue weighted by atomic mass is 28.3. The number of anilines is 1. The van der Waals surface area contributed by atoms with Crippen LogP contribution in [0.25, 0.3) is 10.8 Å². The molecule has 0 unspecified atom stereocenters. The van der Waals surface area contributed by atoms with Crippen molar-refractivity contribution in [3.63, 3.8) is 0 Å². The first-order valence-electron chi connectivity index (χ1n) is 8.36. The molecule has 0 aliphatic rings. The largest absolute Gasteiger partial charge is 0.405 e. The average molecular weight is 335 g/mol. The van der Waals surface area contributed by atoms with E-state index in [9.17, 15) is 0 Å². The normalized spacial score (nSPS) is 11.4. The van der Waals surface area contributed by atoms with E-state index in [2.05, 4.69) is 99.6 Å². The fourth-order valence-electron chi connectivity index (χ4n) is 3.00. The van der Waals surface area contributed by atoms with Crippen molar-refractivity contribution < 1.29 is 4.43 Å². The van der Waals surface area contributed by atoms with Crippen molar-refractivity contribution in [1.29, 1.82) is 0 Å². The topological polar surface area (TPSA) is 12.5 Å². The van der Waals surface area contributed by atoms with Crippen LogP contribution in [0.1, 0.15) is 13.8 Å². The molecule has 0 N–H and O–H groups in total. The summed E-state index contributed by atoms with van der Waals surface area (Å²) in [5.41, 5.74) is 1.24. The van der Waals surface area contributed by atoms with Crippen molar-refractivity contribution in [3.05, 3.63) is 66.7 Å². The van der Waals surface area contributed by atoms with Crippen LogP contribution in [0, 0.1) is 0 Å². The second-order valence-corrected chi connectivity index (χ2v) is 8.45. The first kappa shape index (κ1) is 16.7. The Balaban J connectivity index is 2.24. The molecule has 0 aliphatic heterocycles. The van der Waals surface area contributed by atoms with Gasteiger partial charge in [-0.05, 0) is 35.7 Å². The Labute approximate surface area is 146 Å². The molecular weight excluding hydrogens is 310 g/mol. The Morgan fingerprint density at radius 3 is 2.12 bits per heavy atom. The molecule has 0 saturated heterocycles. The molecule has 3 rings (SSSR count). The Bertz CT molecular complexity index is 809. The van der Waals surface area contributed by atoms with Gasteiger partial charge in [0.15, 0.2) is 0 Å². The third-order valence-electron chi connectivity index (χ3n) is 4.00. The van der Waals surface area contributed by atoms with Crippen LogP contribution in [0.5, 0.6) is 0 Å². The van der Waals surface area contributed by atoms with Crippen molar-refractivity contribution in [1.82, 2.24) is 0 Å². The minimum atomic E-state index is -1.31. The fraction of sp³-hybridized carbons (Fsp3) is 0.238. The van der Waals surface area contributed by atoms with E-state index in [1.54, 1.807) is 0 Å². The lowest BCUT2D eigenvalue weighted by atomic mass is 10.1. The molecule has 1 radical (unpaired) electrons. The Hall–Kier alpha value is -2.10. The van der Waals surface area contributed by atoms with E-state index >= 15 is 0 Å². The van der Waals surface area contributed by atoms with Gasteiger partial charge in [0.2, 0.25) is 0 Å². The maximum atomic E-state index is 6.45. The van der Waals surface area contributed by atoms with Crippen molar-refractivity contribution in [2.75, 3.05) is 19.0 Å². The smallest absolute Gasteiger partial charge is 0.283 e. The lowest BCUT2D eigenvalue weighted by Gasteiger charge is -2.23. The molecule has 3 heteroatoms. The van der Waals surface area contributed by atoms with E-state index < -0.39 is 9.04 Å². The quantitative estimate of drug-likeness (QED) is 0.663. The summed E-state index contributed by atoms with van der Waals surface area (Å²) in [6.07, 6.45) is 0.195. The molecule has 0 fully saturated rings. The molecule has 0 saturated carbocycles. The fourth-order valence-corrected chi connectivity index (χ4v) is 5.28. The molecule has 3 aromatic carbocycles. The summed E-state index contributed by atoms with van der Waals surface area (Å²) in [6, 6.07) is 23.7. The maximum Gasteiger partial charge on any atom is 0.283 e. The second-order valence-electron chi connectivity index (χ2n) is 6.44. The highest BCUT2D eigenvalue weighted by Crippen LogP contribution is 2.24. The van der Waals surface area contributed by atoms with E-state index in [-0.39, 0.29) is 6.10 Å². The SMILES string of the molecule is CC(C)O[Si](c1ccccc1)c1cccc2cccc(N(C)C)c12. The van der Waals surface area contributed by atoms with Gasteiger partial charge >= 0.3 is 0 Å². The summed E-state index contributed by atoms with van der Waals surface area (Å²) in [6.45, 7) is 4.23. The molecule has 0 aliphatic carbocycles. The van der Waals surface area contributed by atoms with E-state index in [1.165, 1.54) is 26.8 Å². The van der Waals surface area contributed by atoms with Crippen LogP contribution >= 0.6 is 0 Å². The Kier molecular flexibility index (Phi) is 5.02. The molecule has 0 heterocycles. The molecule has 123 valence electrons. The summed E-state index contributed by atoms with van der Waals surface area (Å²) in [7, 11) is 2.90. The van der Waals surface area contributed by atoms with Gasteiger partial charge in [0.1, 0.15) is 0 Å². The number of fused-ring (bicyclic) bond motifs is 1. The zero-order valence-electron chi connectivity index (χ0n) is 14.8. The highest BCUT2D eigenvalue weighted by Gasteiger charge is 2.24. The van der Waals surface area contributed by atoms with E-state index in [0.29, 0.717) is 0 Å². The third kappa shape index (κ3) is 3.37.